The lowest BCUT2D eigenvalue weighted by Crippen LogP contribution is -2.42. The van der Waals surface area contributed by atoms with Crippen LogP contribution in [-0.2, 0) is 4.79 Å². The number of aromatic nitrogens is 1. The lowest BCUT2D eigenvalue weighted by Gasteiger charge is -2.32. The average Bonchev–Trinajstić information content (AvgIpc) is 2.46. The van der Waals surface area contributed by atoms with E-state index in [1.165, 1.54) is 6.20 Å². The highest BCUT2D eigenvalue weighted by Crippen LogP contribution is 2.21. The first-order chi connectivity index (χ1) is 9.49. The Balaban J connectivity index is 1.97. The van der Waals surface area contributed by atoms with Gasteiger partial charge in [-0.25, -0.2) is 4.98 Å². The van der Waals surface area contributed by atoms with Crippen molar-refractivity contribution < 1.29 is 9.59 Å². The van der Waals surface area contributed by atoms with E-state index in [1.54, 1.807) is 36.0 Å². The molecular formula is C14H18ClN3O2. The second-order valence-corrected chi connectivity index (χ2v) is 5.55. The molecule has 2 heterocycles. The summed E-state index contributed by atoms with van der Waals surface area (Å²) in [4.78, 5) is 31.4. The molecule has 0 atom stereocenters. The van der Waals surface area contributed by atoms with E-state index in [4.69, 9.17) is 11.6 Å². The molecule has 0 N–H and O–H groups in total. The zero-order valence-electron chi connectivity index (χ0n) is 11.7. The lowest BCUT2D eigenvalue weighted by molar-refractivity contribution is -0.134. The first-order valence-electron chi connectivity index (χ1n) is 6.61. The van der Waals surface area contributed by atoms with E-state index < -0.39 is 0 Å². The van der Waals surface area contributed by atoms with Gasteiger partial charge in [0, 0.05) is 44.9 Å². The van der Waals surface area contributed by atoms with Crippen LogP contribution in [-0.4, -0.2) is 53.8 Å². The molecule has 2 rings (SSSR count). The number of rotatable bonds is 2. The lowest BCUT2D eigenvalue weighted by atomic mass is 9.95. The number of piperidine rings is 1. The monoisotopic (exact) mass is 295 g/mol. The van der Waals surface area contributed by atoms with Crippen molar-refractivity contribution in [1.82, 2.24) is 14.8 Å². The fourth-order valence-corrected chi connectivity index (χ4v) is 2.59. The topological polar surface area (TPSA) is 53.5 Å². The Labute approximate surface area is 123 Å². The molecule has 1 aromatic heterocycles. The molecule has 108 valence electrons. The third-order valence-corrected chi connectivity index (χ3v) is 3.75. The molecule has 1 saturated heterocycles. The van der Waals surface area contributed by atoms with Gasteiger partial charge >= 0.3 is 0 Å². The Hall–Kier alpha value is -1.62. The van der Waals surface area contributed by atoms with E-state index in [1.807, 2.05) is 0 Å². The molecule has 0 aromatic carbocycles. The minimum atomic E-state index is -0.0509. The van der Waals surface area contributed by atoms with Crippen LogP contribution in [0, 0.1) is 5.92 Å². The molecule has 0 unspecified atom stereocenters. The standard InChI is InChI=1S/C14H18ClN3O2/c1-17(2)13(19)10-4-7-18(8-5-10)14(20)11-3-6-16-12(15)9-11/h3,6,9-10H,4-5,7-8H2,1-2H3. The van der Waals surface area contributed by atoms with Gasteiger partial charge in [0.1, 0.15) is 5.15 Å². The number of halogens is 1. The molecule has 6 heteroatoms. The van der Waals surface area contributed by atoms with Gasteiger partial charge in [-0.2, -0.15) is 0 Å². The largest absolute Gasteiger partial charge is 0.349 e. The number of nitrogens with zero attached hydrogens (tertiary/aromatic N) is 3. The highest BCUT2D eigenvalue weighted by Gasteiger charge is 2.28. The van der Waals surface area contributed by atoms with Crippen molar-refractivity contribution in [1.29, 1.82) is 0 Å². The molecule has 0 spiro atoms. The number of hydrogen-bond donors (Lipinski definition) is 0. The number of pyridine rings is 1. The normalized spacial score (nSPS) is 16.1. The van der Waals surface area contributed by atoms with Crippen molar-refractivity contribution in [3.63, 3.8) is 0 Å². The molecule has 5 nitrogen and oxygen atoms in total. The molecule has 1 fully saturated rings. The van der Waals surface area contributed by atoms with Gasteiger partial charge in [-0.1, -0.05) is 11.6 Å². The molecule has 2 amide bonds. The molecule has 0 radical (unpaired) electrons. The smallest absolute Gasteiger partial charge is 0.254 e. The molecule has 1 aromatic rings. The maximum absolute atomic E-state index is 12.3. The SMILES string of the molecule is CN(C)C(=O)C1CCN(C(=O)c2ccnc(Cl)c2)CC1. The maximum Gasteiger partial charge on any atom is 0.254 e. The van der Waals surface area contributed by atoms with Gasteiger partial charge in [-0.3, -0.25) is 9.59 Å². The first kappa shape index (κ1) is 14.8. The Morgan fingerprint density at radius 2 is 2.00 bits per heavy atom. The predicted octanol–water partition coefficient (Wildman–Crippen LogP) is 1.68. The van der Waals surface area contributed by atoms with Crippen LogP contribution >= 0.6 is 11.6 Å². The van der Waals surface area contributed by atoms with Crippen molar-refractivity contribution >= 4 is 23.4 Å². The van der Waals surface area contributed by atoms with Crippen molar-refractivity contribution in [2.75, 3.05) is 27.2 Å². The van der Waals surface area contributed by atoms with E-state index in [2.05, 4.69) is 4.98 Å². The van der Waals surface area contributed by atoms with Crippen LogP contribution in [0.1, 0.15) is 23.2 Å². The van der Waals surface area contributed by atoms with E-state index in [0.717, 1.165) is 0 Å². The minimum Gasteiger partial charge on any atom is -0.349 e. The second kappa shape index (κ2) is 6.22. The minimum absolute atomic E-state index is 0.0232. The molecule has 1 aliphatic rings. The molecule has 0 saturated carbocycles. The molecular weight excluding hydrogens is 278 g/mol. The number of hydrogen-bond acceptors (Lipinski definition) is 3. The molecule has 20 heavy (non-hydrogen) atoms. The third-order valence-electron chi connectivity index (χ3n) is 3.55. The zero-order chi connectivity index (χ0) is 14.7. The van der Waals surface area contributed by atoms with Crippen LogP contribution in [0.15, 0.2) is 18.3 Å². The summed E-state index contributed by atoms with van der Waals surface area (Å²) >= 11 is 5.80. The van der Waals surface area contributed by atoms with E-state index in [-0.39, 0.29) is 17.7 Å². The Morgan fingerprint density at radius 3 is 2.55 bits per heavy atom. The van der Waals surface area contributed by atoms with E-state index in [0.29, 0.717) is 36.6 Å². The van der Waals surface area contributed by atoms with Crippen LogP contribution in [0.25, 0.3) is 0 Å². The van der Waals surface area contributed by atoms with Gasteiger partial charge in [0.15, 0.2) is 0 Å². The summed E-state index contributed by atoms with van der Waals surface area (Å²) in [5.74, 6) is 0.115. The summed E-state index contributed by atoms with van der Waals surface area (Å²) in [5, 5.41) is 0.313. The number of carbonyl (C=O) groups is 2. The fourth-order valence-electron chi connectivity index (χ4n) is 2.41. The van der Waals surface area contributed by atoms with Crippen LogP contribution in [0.5, 0.6) is 0 Å². The summed E-state index contributed by atoms with van der Waals surface area (Å²) in [5.41, 5.74) is 0.544. The predicted molar refractivity (Wildman–Crippen MR) is 76.6 cm³/mol. The Bertz CT molecular complexity index is 511. The van der Waals surface area contributed by atoms with E-state index >= 15 is 0 Å². The highest BCUT2D eigenvalue weighted by atomic mass is 35.5. The van der Waals surface area contributed by atoms with Crippen molar-refractivity contribution in [2.45, 2.75) is 12.8 Å². The van der Waals surface area contributed by atoms with Crippen molar-refractivity contribution in [2.24, 2.45) is 5.92 Å². The van der Waals surface area contributed by atoms with Crippen LogP contribution in [0.3, 0.4) is 0 Å². The Kier molecular flexibility index (Phi) is 4.60. The maximum atomic E-state index is 12.3. The summed E-state index contributed by atoms with van der Waals surface area (Å²) < 4.78 is 0. The second-order valence-electron chi connectivity index (χ2n) is 5.17. The molecule has 0 aliphatic carbocycles. The molecule has 0 bridgehead atoms. The average molecular weight is 296 g/mol. The number of amides is 2. The number of likely N-dealkylation sites (tertiary alicyclic amines) is 1. The van der Waals surface area contributed by atoms with Gasteiger partial charge in [0.2, 0.25) is 5.91 Å². The quantitative estimate of drug-likeness (QED) is 0.780. The highest BCUT2D eigenvalue weighted by molar-refractivity contribution is 6.29. The van der Waals surface area contributed by atoms with Gasteiger partial charge in [-0.15, -0.1) is 0 Å². The van der Waals surface area contributed by atoms with E-state index in [9.17, 15) is 9.59 Å². The summed E-state index contributed by atoms with van der Waals surface area (Å²) in [6.07, 6.45) is 2.95. The summed E-state index contributed by atoms with van der Waals surface area (Å²) in [6, 6.07) is 3.23. The first-order valence-corrected chi connectivity index (χ1v) is 6.99. The molecule has 1 aliphatic heterocycles. The Morgan fingerprint density at radius 1 is 1.35 bits per heavy atom. The summed E-state index contributed by atoms with van der Waals surface area (Å²) in [7, 11) is 3.53. The van der Waals surface area contributed by atoms with Gasteiger partial charge in [0.05, 0.1) is 0 Å². The fraction of sp³-hybridized carbons (Fsp3) is 0.500. The van der Waals surface area contributed by atoms with Crippen molar-refractivity contribution in [3.05, 3.63) is 29.0 Å². The van der Waals surface area contributed by atoms with Gasteiger partial charge < -0.3 is 9.80 Å². The third kappa shape index (κ3) is 3.28. The van der Waals surface area contributed by atoms with Gasteiger partial charge in [0.25, 0.3) is 5.91 Å². The van der Waals surface area contributed by atoms with Crippen molar-refractivity contribution in [3.8, 4) is 0 Å². The van der Waals surface area contributed by atoms with Gasteiger partial charge in [-0.05, 0) is 25.0 Å². The zero-order valence-corrected chi connectivity index (χ0v) is 12.4. The summed E-state index contributed by atoms with van der Waals surface area (Å²) in [6.45, 7) is 1.20. The van der Waals surface area contributed by atoms with Crippen LogP contribution < -0.4 is 0 Å². The van der Waals surface area contributed by atoms with Crippen LogP contribution in [0.2, 0.25) is 5.15 Å². The van der Waals surface area contributed by atoms with Crippen LogP contribution in [0.4, 0.5) is 0 Å². The number of carbonyl (C=O) groups excluding carboxylic acids is 2.